The predicted octanol–water partition coefficient (Wildman–Crippen LogP) is 0.198. The van der Waals surface area contributed by atoms with Gasteiger partial charge in [0.2, 0.25) is 5.91 Å². The normalized spacial score (nSPS) is 22.8. The van der Waals surface area contributed by atoms with Gasteiger partial charge >= 0.3 is 0 Å². The van der Waals surface area contributed by atoms with Gasteiger partial charge < -0.3 is 10.6 Å². The van der Waals surface area contributed by atoms with Crippen molar-refractivity contribution in [3.8, 4) is 0 Å². The lowest BCUT2D eigenvalue weighted by Crippen LogP contribution is -2.46. The molecule has 1 saturated carbocycles. The highest BCUT2D eigenvalue weighted by Crippen LogP contribution is 2.28. The zero-order valence-corrected chi connectivity index (χ0v) is 10.0. The number of amides is 1. The second-order valence-electron chi connectivity index (χ2n) is 4.94. The van der Waals surface area contributed by atoms with Gasteiger partial charge in [-0.25, -0.2) is 0 Å². The van der Waals surface area contributed by atoms with Crippen molar-refractivity contribution in [2.45, 2.75) is 25.7 Å². The van der Waals surface area contributed by atoms with E-state index in [-0.39, 0.29) is 5.91 Å². The third-order valence-electron chi connectivity index (χ3n) is 3.66. The Bertz CT molecular complexity index is 222. The molecule has 92 valence electrons. The molecule has 1 saturated heterocycles. The summed E-state index contributed by atoms with van der Waals surface area (Å²) in [5, 5.41) is 6.35. The number of nitrogens with one attached hydrogen (secondary N) is 2. The molecule has 2 fully saturated rings. The van der Waals surface area contributed by atoms with Crippen molar-refractivity contribution in [3.05, 3.63) is 0 Å². The van der Waals surface area contributed by atoms with Gasteiger partial charge in [-0.15, -0.1) is 0 Å². The van der Waals surface area contributed by atoms with Crippen LogP contribution in [0.4, 0.5) is 0 Å². The van der Waals surface area contributed by atoms with Gasteiger partial charge in [-0.1, -0.05) is 6.42 Å². The lowest BCUT2D eigenvalue weighted by molar-refractivity contribution is -0.122. The van der Waals surface area contributed by atoms with E-state index in [1.807, 2.05) is 0 Å². The SMILES string of the molecule is O=C(CC1CCC1)NCCN1CCNCC1. The van der Waals surface area contributed by atoms with E-state index < -0.39 is 0 Å². The Hall–Kier alpha value is -0.610. The van der Waals surface area contributed by atoms with Crippen LogP contribution in [-0.2, 0) is 4.79 Å². The van der Waals surface area contributed by atoms with Gasteiger partial charge in [-0.2, -0.15) is 0 Å². The molecule has 2 aliphatic rings. The van der Waals surface area contributed by atoms with E-state index in [2.05, 4.69) is 15.5 Å². The lowest BCUT2D eigenvalue weighted by Gasteiger charge is -2.27. The Morgan fingerprint density at radius 1 is 1.31 bits per heavy atom. The van der Waals surface area contributed by atoms with Gasteiger partial charge in [-0.05, 0) is 18.8 Å². The Morgan fingerprint density at radius 2 is 2.06 bits per heavy atom. The van der Waals surface area contributed by atoms with Crippen LogP contribution in [0.5, 0.6) is 0 Å². The predicted molar refractivity (Wildman–Crippen MR) is 64.3 cm³/mol. The van der Waals surface area contributed by atoms with E-state index >= 15 is 0 Å². The van der Waals surface area contributed by atoms with Crippen LogP contribution in [-0.4, -0.2) is 50.1 Å². The summed E-state index contributed by atoms with van der Waals surface area (Å²) in [5.41, 5.74) is 0. The van der Waals surface area contributed by atoms with E-state index in [1.54, 1.807) is 0 Å². The first-order chi connectivity index (χ1) is 7.84. The van der Waals surface area contributed by atoms with Crippen molar-refractivity contribution >= 4 is 5.91 Å². The first-order valence-corrected chi connectivity index (χ1v) is 6.54. The average molecular weight is 225 g/mol. The van der Waals surface area contributed by atoms with Gasteiger partial charge in [0, 0.05) is 45.7 Å². The fraction of sp³-hybridized carbons (Fsp3) is 0.917. The van der Waals surface area contributed by atoms with Gasteiger partial charge in [0.05, 0.1) is 0 Å². The minimum atomic E-state index is 0.250. The molecule has 2 N–H and O–H groups in total. The van der Waals surface area contributed by atoms with E-state index in [0.29, 0.717) is 5.92 Å². The van der Waals surface area contributed by atoms with Crippen molar-refractivity contribution in [1.29, 1.82) is 0 Å². The molecular formula is C12H23N3O. The van der Waals surface area contributed by atoms with Crippen LogP contribution < -0.4 is 10.6 Å². The Morgan fingerprint density at radius 3 is 2.69 bits per heavy atom. The van der Waals surface area contributed by atoms with Crippen LogP contribution in [0.15, 0.2) is 0 Å². The highest BCUT2D eigenvalue weighted by Gasteiger charge is 2.20. The van der Waals surface area contributed by atoms with Crippen molar-refractivity contribution in [3.63, 3.8) is 0 Å². The van der Waals surface area contributed by atoms with Gasteiger partial charge in [0.25, 0.3) is 0 Å². The monoisotopic (exact) mass is 225 g/mol. The molecule has 0 bridgehead atoms. The van der Waals surface area contributed by atoms with E-state index in [0.717, 1.165) is 45.7 Å². The first kappa shape index (κ1) is 11.9. The highest BCUT2D eigenvalue weighted by molar-refractivity contribution is 5.76. The molecule has 0 aromatic heterocycles. The maximum Gasteiger partial charge on any atom is 0.220 e. The summed E-state index contributed by atoms with van der Waals surface area (Å²) in [4.78, 5) is 13.9. The van der Waals surface area contributed by atoms with Crippen LogP contribution in [0.1, 0.15) is 25.7 Å². The maximum absolute atomic E-state index is 11.5. The maximum atomic E-state index is 11.5. The molecule has 4 heteroatoms. The second-order valence-corrected chi connectivity index (χ2v) is 4.94. The summed E-state index contributed by atoms with van der Waals surface area (Å²) in [5.74, 6) is 0.930. The topological polar surface area (TPSA) is 44.4 Å². The summed E-state index contributed by atoms with van der Waals surface area (Å²) in [6.45, 7) is 6.19. The molecule has 0 radical (unpaired) electrons. The fourth-order valence-corrected chi connectivity index (χ4v) is 2.32. The van der Waals surface area contributed by atoms with E-state index in [1.165, 1.54) is 19.3 Å². The van der Waals surface area contributed by atoms with Crippen molar-refractivity contribution < 1.29 is 4.79 Å². The zero-order valence-electron chi connectivity index (χ0n) is 10.0. The van der Waals surface area contributed by atoms with Crippen LogP contribution in [0, 0.1) is 5.92 Å². The summed E-state index contributed by atoms with van der Waals surface area (Å²) >= 11 is 0. The van der Waals surface area contributed by atoms with Gasteiger partial charge in [-0.3, -0.25) is 9.69 Å². The van der Waals surface area contributed by atoms with Gasteiger partial charge in [0.1, 0.15) is 0 Å². The largest absolute Gasteiger partial charge is 0.355 e. The van der Waals surface area contributed by atoms with E-state index in [9.17, 15) is 4.79 Å². The number of carbonyl (C=O) groups is 1. The minimum Gasteiger partial charge on any atom is -0.355 e. The Balaban J connectivity index is 1.51. The van der Waals surface area contributed by atoms with Gasteiger partial charge in [0.15, 0.2) is 0 Å². The quantitative estimate of drug-likeness (QED) is 0.702. The standard InChI is InChI=1S/C12H23N3O/c16-12(10-11-2-1-3-11)14-6-9-15-7-4-13-5-8-15/h11,13H,1-10H2,(H,14,16). The van der Waals surface area contributed by atoms with E-state index in [4.69, 9.17) is 0 Å². The zero-order chi connectivity index (χ0) is 11.2. The lowest BCUT2D eigenvalue weighted by atomic mass is 9.83. The highest BCUT2D eigenvalue weighted by atomic mass is 16.1. The number of carbonyl (C=O) groups excluding carboxylic acids is 1. The number of piperazine rings is 1. The van der Waals surface area contributed by atoms with Crippen LogP contribution in [0.25, 0.3) is 0 Å². The molecule has 1 amide bonds. The average Bonchev–Trinajstić information content (AvgIpc) is 2.25. The fourth-order valence-electron chi connectivity index (χ4n) is 2.32. The van der Waals surface area contributed by atoms with Crippen LogP contribution >= 0.6 is 0 Å². The third-order valence-corrected chi connectivity index (χ3v) is 3.66. The number of hydrogen-bond acceptors (Lipinski definition) is 3. The smallest absolute Gasteiger partial charge is 0.220 e. The van der Waals surface area contributed by atoms with Crippen molar-refractivity contribution in [1.82, 2.24) is 15.5 Å². The number of nitrogens with zero attached hydrogens (tertiary/aromatic N) is 1. The number of hydrogen-bond donors (Lipinski definition) is 2. The van der Waals surface area contributed by atoms with Crippen molar-refractivity contribution in [2.24, 2.45) is 5.92 Å². The molecule has 0 atom stereocenters. The molecule has 1 aliphatic heterocycles. The Kier molecular flexibility index (Phi) is 4.60. The molecule has 0 aromatic carbocycles. The molecule has 0 unspecified atom stereocenters. The molecule has 1 heterocycles. The molecule has 0 aromatic rings. The van der Waals surface area contributed by atoms with Crippen LogP contribution in [0.3, 0.4) is 0 Å². The summed E-state index contributed by atoms with van der Waals surface area (Å²) in [6, 6.07) is 0. The summed E-state index contributed by atoms with van der Waals surface area (Å²) in [7, 11) is 0. The van der Waals surface area contributed by atoms with Crippen LogP contribution in [0.2, 0.25) is 0 Å². The summed E-state index contributed by atoms with van der Waals surface area (Å²) in [6.07, 6.45) is 4.58. The summed E-state index contributed by atoms with van der Waals surface area (Å²) < 4.78 is 0. The third kappa shape index (κ3) is 3.76. The molecule has 0 spiro atoms. The molecule has 16 heavy (non-hydrogen) atoms. The number of rotatable bonds is 5. The molecule has 4 nitrogen and oxygen atoms in total. The Labute approximate surface area is 97.8 Å². The van der Waals surface area contributed by atoms with Crippen molar-refractivity contribution in [2.75, 3.05) is 39.3 Å². The molecular weight excluding hydrogens is 202 g/mol. The molecule has 2 rings (SSSR count). The first-order valence-electron chi connectivity index (χ1n) is 6.54. The second kappa shape index (κ2) is 6.21. The minimum absolute atomic E-state index is 0.250. The molecule has 1 aliphatic carbocycles.